The third-order valence-electron chi connectivity index (χ3n) is 6.27. The number of benzene rings is 1. The van der Waals surface area contributed by atoms with Crippen molar-refractivity contribution in [1.82, 2.24) is 19.3 Å². The number of hydrogen-bond donors (Lipinski definition) is 1. The Kier molecular flexibility index (Phi) is 4.86. The highest BCUT2D eigenvalue weighted by molar-refractivity contribution is 7.89. The molecule has 0 spiro atoms. The quantitative estimate of drug-likeness (QED) is 0.660. The molecule has 0 amide bonds. The Bertz CT molecular complexity index is 1310. The van der Waals surface area contributed by atoms with Gasteiger partial charge in [0.15, 0.2) is 5.58 Å². The second kappa shape index (κ2) is 7.45. The number of hydrogen-bond acceptors (Lipinski definition) is 7. The number of sulfonamides is 1. The number of nitrogens with zero attached hydrogens (tertiary/aromatic N) is 4. The van der Waals surface area contributed by atoms with Crippen LogP contribution in [0.15, 0.2) is 32.3 Å². The van der Waals surface area contributed by atoms with Gasteiger partial charge in [0.2, 0.25) is 10.0 Å². The molecule has 0 aliphatic carbocycles. The average molecular weight is 444 g/mol. The minimum absolute atomic E-state index is 0.0585. The minimum Gasteiger partial charge on any atom is -0.408 e. The molecule has 1 atom stereocenters. The van der Waals surface area contributed by atoms with Gasteiger partial charge >= 0.3 is 5.76 Å². The lowest BCUT2D eigenvalue weighted by molar-refractivity contribution is 0.309. The summed E-state index contributed by atoms with van der Waals surface area (Å²) in [5, 5.41) is 0. The smallest absolute Gasteiger partial charge is 0.408 e. The van der Waals surface area contributed by atoms with Gasteiger partial charge in [-0.1, -0.05) is 0 Å². The molecule has 5 rings (SSSR count). The lowest BCUT2D eigenvalue weighted by atomic mass is 9.97. The third kappa shape index (κ3) is 3.53. The maximum absolute atomic E-state index is 13.3. The van der Waals surface area contributed by atoms with E-state index in [1.165, 1.54) is 22.0 Å². The van der Waals surface area contributed by atoms with Crippen LogP contribution in [-0.2, 0) is 16.4 Å². The van der Waals surface area contributed by atoms with E-state index in [1.807, 2.05) is 14.0 Å². The summed E-state index contributed by atoms with van der Waals surface area (Å²) >= 11 is 0. The molecule has 1 saturated heterocycles. The molecule has 2 aromatic heterocycles. The summed E-state index contributed by atoms with van der Waals surface area (Å²) in [5.74, 6) is 1.03. The van der Waals surface area contributed by atoms with E-state index in [1.54, 1.807) is 6.07 Å². The van der Waals surface area contributed by atoms with Gasteiger partial charge in [-0.15, -0.1) is 0 Å². The predicted octanol–water partition coefficient (Wildman–Crippen LogP) is 2.17. The zero-order valence-corrected chi connectivity index (χ0v) is 18.4. The second-order valence-corrected chi connectivity index (χ2v) is 10.3. The highest BCUT2D eigenvalue weighted by Gasteiger charge is 2.33. The Hall–Kier alpha value is -2.72. The molecule has 0 saturated carbocycles. The second-order valence-electron chi connectivity index (χ2n) is 8.37. The van der Waals surface area contributed by atoms with Crippen LogP contribution in [0.4, 0.5) is 5.82 Å². The molecule has 2 aliphatic rings. The molecule has 10 heteroatoms. The Balaban J connectivity index is 1.45. The monoisotopic (exact) mass is 443 g/mol. The molecule has 164 valence electrons. The van der Waals surface area contributed by atoms with E-state index in [0.717, 1.165) is 49.6 Å². The molecule has 0 radical (unpaired) electrons. The van der Waals surface area contributed by atoms with Gasteiger partial charge < -0.3 is 9.32 Å². The van der Waals surface area contributed by atoms with Gasteiger partial charge in [0.05, 0.1) is 10.4 Å². The largest absolute Gasteiger partial charge is 0.417 e. The van der Waals surface area contributed by atoms with Gasteiger partial charge in [0, 0.05) is 49.9 Å². The van der Waals surface area contributed by atoms with E-state index >= 15 is 0 Å². The standard InChI is InChI=1S/C21H25N5O4S/c1-13-16-6-4-9-25(2)20(16)24-19(22-13)14-5-3-10-26(12-14)31(28,29)15-7-8-17-18(11-15)30-21(27)23-17/h7-8,11,14H,3-6,9-10,12H2,1-2H3,(H,23,27). The molecule has 2 aliphatic heterocycles. The van der Waals surface area contributed by atoms with Crippen molar-refractivity contribution in [3.05, 3.63) is 45.8 Å². The van der Waals surface area contributed by atoms with Crippen LogP contribution in [0.25, 0.3) is 11.1 Å². The van der Waals surface area contributed by atoms with Crippen molar-refractivity contribution in [1.29, 1.82) is 0 Å². The maximum atomic E-state index is 13.3. The van der Waals surface area contributed by atoms with Gasteiger partial charge in [-0.25, -0.2) is 23.2 Å². The van der Waals surface area contributed by atoms with E-state index in [-0.39, 0.29) is 16.4 Å². The first-order valence-corrected chi connectivity index (χ1v) is 12.0. The van der Waals surface area contributed by atoms with Crippen molar-refractivity contribution >= 4 is 26.9 Å². The van der Waals surface area contributed by atoms with E-state index in [4.69, 9.17) is 14.4 Å². The first kappa shape index (κ1) is 20.2. The van der Waals surface area contributed by atoms with Crippen molar-refractivity contribution in [2.45, 2.75) is 43.4 Å². The third-order valence-corrected chi connectivity index (χ3v) is 8.13. The summed E-state index contributed by atoms with van der Waals surface area (Å²) in [5.41, 5.74) is 2.89. The number of fused-ring (bicyclic) bond motifs is 2. The van der Waals surface area contributed by atoms with Crippen LogP contribution in [0, 0.1) is 6.92 Å². The number of rotatable bonds is 3. The molecule has 1 unspecified atom stereocenters. The average Bonchev–Trinajstić information content (AvgIpc) is 3.13. The van der Waals surface area contributed by atoms with Crippen molar-refractivity contribution < 1.29 is 12.8 Å². The zero-order chi connectivity index (χ0) is 21.8. The van der Waals surface area contributed by atoms with Crippen LogP contribution < -0.4 is 10.7 Å². The molecular formula is C21H25N5O4S. The number of piperidine rings is 1. The summed E-state index contributed by atoms with van der Waals surface area (Å²) in [4.78, 5) is 25.8. The number of aromatic amines is 1. The molecular weight excluding hydrogens is 418 g/mol. The molecule has 9 nitrogen and oxygen atoms in total. The molecule has 1 N–H and O–H groups in total. The van der Waals surface area contributed by atoms with E-state index in [9.17, 15) is 13.2 Å². The summed E-state index contributed by atoms with van der Waals surface area (Å²) in [6, 6.07) is 4.46. The summed E-state index contributed by atoms with van der Waals surface area (Å²) in [6.45, 7) is 3.75. The highest BCUT2D eigenvalue weighted by atomic mass is 32.2. The number of nitrogens with one attached hydrogen (secondary N) is 1. The number of H-pyrrole nitrogens is 1. The Labute approximate surface area is 180 Å². The normalized spacial score (nSPS) is 20.2. The summed E-state index contributed by atoms with van der Waals surface area (Å²) in [7, 11) is -1.69. The van der Waals surface area contributed by atoms with Gasteiger partial charge in [0.25, 0.3) is 0 Å². The Morgan fingerprint density at radius 2 is 2.03 bits per heavy atom. The Morgan fingerprint density at radius 1 is 1.19 bits per heavy atom. The van der Waals surface area contributed by atoms with Crippen LogP contribution in [0.2, 0.25) is 0 Å². The minimum atomic E-state index is -3.73. The number of oxazole rings is 1. The van der Waals surface area contributed by atoms with E-state index < -0.39 is 15.8 Å². The Morgan fingerprint density at radius 3 is 2.87 bits per heavy atom. The summed E-state index contributed by atoms with van der Waals surface area (Å²) in [6.07, 6.45) is 3.66. The number of aromatic nitrogens is 3. The van der Waals surface area contributed by atoms with Crippen molar-refractivity contribution in [2.24, 2.45) is 0 Å². The van der Waals surface area contributed by atoms with Gasteiger partial charge in [-0.05, 0) is 44.7 Å². The van der Waals surface area contributed by atoms with Gasteiger partial charge in [-0.2, -0.15) is 4.31 Å². The van der Waals surface area contributed by atoms with Crippen LogP contribution in [-0.4, -0.2) is 54.4 Å². The number of aryl methyl sites for hydroxylation is 1. The molecule has 1 aromatic carbocycles. The lowest BCUT2D eigenvalue weighted by Crippen LogP contribution is -2.39. The van der Waals surface area contributed by atoms with Gasteiger partial charge in [-0.3, -0.25) is 4.98 Å². The fraction of sp³-hybridized carbons (Fsp3) is 0.476. The highest BCUT2D eigenvalue weighted by Crippen LogP contribution is 2.33. The van der Waals surface area contributed by atoms with Crippen LogP contribution in [0.1, 0.15) is 42.3 Å². The van der Waals surface area contributed by atoms with Gasteiger partial charge in [0.1, 0.15) is 11.6 Å². The fourth-order valence-electron chi connectivity index (χ4n) is 4.60. The molecule has 3 aromatic rings. The topological polar surface area (TPSA) is 112 Å². The van der Waals surface area contributed by atoms with E-state index in [2.05, 4.69) is 9.88 Å². The first-order valence-electron chi connectivity index (χ1n) is 10.5. The SMILES string of the molecule is Cc1nc(C2CCCN(S(=O)(=O)c3ccc4[nH]c(=O)oc4c3)C2)nc2c1CCCN2C. The fourth-order valence-corrected chi connectivity index (χ4v) is 6.14. The van der Waals surface area contributed by atoms with Crippen LogP contribution >= 0.6 is 0 Å². The van der Waals surface area contributed by atoms with Crippen LogP contribution in [0.5, 0.6) is 0 Å². The molecule has 4 heterocycles. The molecule has 1 fully saturated rings. The van der Waals surface area contributed by atoms with Crippen molar-refractivity contribution in [2.75, 3.05) is 31.6 Å². The zero-order valence-electron chi connectivity index (χ0n) is 17.6. The first-order chi connectivity index (χ1) is 14.8. The van der Waals surface area contributed by atoms with Crippen molar-refractivity contribution in [3.8, 4) is 0 Å². The molecule has 0 bridgehead atoms. The maximum Gasteiger partial charge on any atom is 0.417 e. The lowest BCUT2D eigenvalue weighted by Gasteiger charge is -2.33. The summed E-state index contributed by atoms with van der Waals surface area (Å²) < 4.78 is 33.2. The predicted molar refractivity (Wildman–Crippen MR) is 116 cm³/mol. The van der Waals surface area contributed by atoms with E-state index in [0.29, 0.717) is 18.6 Å². The van der Waals surface area contributed by atoms with Crippen molar-refractivity contribution in [3.63, 3.8) is 0 Å². The number of anilines is 1. The molecule has 31 heavy (non-hydrogen) atoms. The van der Waals surface area contributed by atoms with Crippen LogP contribution in [0.3, 0.4) is 0 Å².